The number of amides is 1. The second kappa shape index (κ2) is 10.2. The molecule has 3 rings (SSSR count). The number of carbonyl (C=O) groups excluding carboxylic acids is 1. The Labute approximate surface area is 172 Å². The van der Waals surface area contributed by atoms with Crippen LogP contribution in [-0.4, -0.2) is 17.5 Å². The van der Waals surface area contributed by atoms with Crippen LogP contribution in [0.1, 0.15) is 25.2 Å². The van der Waals surface area contributed by atoms with E-state index in [4.69, 9.17) is 14.4 Å². The third-order valence-electron chi connectivity index (χ3n) is 4.14. The zero-order valence-corrected chi connectivity index (χ0v) is 16.0. The van der Waals surface area contributed by atoms with Crippen molar-refractivity contribution in [1.29, 1.82) is 5.26 Å². The van der Waals surface area contributed by atoms with Gasteiger partial charge < -0.3 is 14.5 Å². The van der Waals surface area contributed by atoms with Crippen LogP contribution in [0.15, 0.2) is 53.1 Å². The lowest BCUT2D eigenvalue weighted by Gasteiger charge is -2.08. The van der Waals surface area contributed by atoms with Crippen LogP contribution < -0.4 is 10.1 Å². The van der Waals surface area contributed by atoms with Gasteiger partial charge in [0.2, 0.25) is 5.91 Å². The number of anilines is 1. The average Bonchev–Trinajstić information content (AvgIpc) is 3.19. The highest BCUT2D eigenvalue weighted by Crippen LogP contribution is 2.24. The number of nitrogens with zero attached hydrogens (tertiary/aromatic N) is 2. The van der Waals surface area contributed by atoms with Crippen LogP contribution in [0.3, 0.4) is 0 Å². The number of aromatic nitrogens is 1. The summed E-state index contributed by atoms with van der Waals surface area (Å²) in [5.74, 6) is -0.620. The molecule has 0 bridgehead atoms. The van der Waals surface area contributed by atoms with E-state index in [0.717, 1.165) is 12.1 Å². The molecular formula is C22H19F2N3O3. The number of hydrogen-bond acceptors (Lipinski definition) is 5. The second-order valence-corrected chi connectivity index (χ2v) is 6.43. The van der Waals surface area contributed by atoms with E-state index >= 15 is 0 Å². The van der Waals surface area contributed by atoms with Gasteiger partial charge in [0, 0.05) is 37.1 Å². The Balaban J connectivity index is 1.52. The molecule has 0 radical (unpaired) electrons. The molecule has 1 N–H and O–H groups in total. The van der Waals surface area contributed by atoms with Crippen molar-refractivity contribution < 1.29 is 22.7 Å². The molecule has 0 saturated heterocycles. The molecule has 0 aliphatic carbocycles. The molecule has 6 nitrogen and oxygen atoms in total. The maximum atomic E-state index is 13.8. The van der Waals surface area contributed by atoms with E-state index < -0.39 is 11.6 Å². The number of ether oxygens (including phenoxy) is 1. The molecule has 154 valence electrons. The standard InChI is InChI=1S/C22H19F2N3O3/c23-15-6-7-18(19(24)12-15)20-14-26-22(30-20)9-8-21(28)27-16-4-3-5-17(13-16)29-11-2-1-10-25/h3-7,12-14H,1-2,8-9,11H2,(H,27,28). The molecule has 1 heterocycles. The predicted octanol–water partition coefficient (Wildman–Crippen LogP) is 4.87. The summed E-state index contributed by atoms with van der Waals surface area (Å²) in [5, 5.41) is 11.3. The molecule has 2 aromatic carbocycles. The fraction of sp³-hybridized carbons (Fsp3) is 0.227. The van der Waals surface area contributed by atoms with Crippen molar-refractivity contribution in [3.63, 3.8) is 0 Å². The van der Waals surface area contributed by atoms with Crippen LogP contribution in [0.2, 0.25) is 0 Å². The largest absolute Gasteiger partial charge is 0.493 e. The third-order valence-corrected chi connectivity index (χ3v) is 4.14. The van der Waals surface area contributed by atoms with E-state index in [2.05, 4.69) is 16.4 Å². The highest BCUT2D eigenvalue weighted by Gasteiger charge is 2.13. The van der Waals surface area contributed by atoms with Crippen LogP contribution in [0.5, 0.6) is 5.75 Å². The Kier molecular flexibility index (Phi) is 7.11. The zero-order valence-electron chi connectivity index (χ0n) is 16.0. The van der Waals surface area contributed by atoms with E-state index in [1.54, 1.807) is 24.3 Å². The number of rotatable bonds is 9. The van der Waals surface area contributed by atoms with Crippen LogP contribution in [0.25, 0.3) is 11.3 Å². The van der Waals surface area contributed by atoms with Gasteiger partial charge in [-0.15, -0.1) is 0 Å². The van der Waals surface area contributed by atoms with Gasteiger partial charge in [0.05, 0.1) is 24.4 Å². The molecule has 0 atom stereocenters. The fourth-order valence-electron chi connectivity index (χ4n) is 2.69. The Morgan fingerprint density at radius 1 is 1.23 bits per heavy atom. The molecule has 1 amide bonds. The highest BCUT2D eigenvalue weighted by atomic mass is 19.1. The molecule has 0 spiro atoms. The predicted molar refractivity (Wildman–Crippen MR) is 106 cm³/mol. The number of aryl methyl sites for hydroxylation is 1. The van der Waals surface area contributed by atoms with Gasteiger partial charge >= 0.3 is 0 Å². The van der Waals surface area contributed by atoms with Crippen LogP contribution in [-0.2, 0) is 11.2 Å². The average molecular weight is 411 g/mol. The first-order valence-electron chi connectivity index (χ1n) is 9.35. The summed E-state index contributed by atoms with van der Waals surface area (Å²) in [6.45, 7) is 0.423. The number of halogens is 2. The number of oxazole rings is 1. The Bertz CT molecular complexity index is 1060. The minimum atomic E-state index is -0.745. The first-order valence-corrected chi connectivity index (χ1v) is 9.35. The van der Waals surface area contributed by atoms with Crippen molar-refractivity contribution in [3.8, 4) is 23.1 Å². The molecule has 30 heavy (non-hydrogen) atoms. The molecule has 8 heteroatoms. The monoisotopic (exact) mass is 411 g/mol. The van der Waals surface area contributed by atoms with Gasteiger partial charge in [-0.3, -0.25) is 4.79 Å². The van der Waals surface area contributed by atoms with Crippen molar-refractivity contribution in [2.75, 3.05) is 11.9 Å². The quantitative estimate of drug-likeness (QED) is 0.507. The van der Waals surface area contributed by atoms with Gasteiger partial charge in [-0.1, -0.05) is 6.07 Å². The van der Waals surface area contributed by atoms with E-state index in [1.807, 2.05) is 0 Å². The van der Waals surface area contributed by atoms with Gasteiger partial charge in [-0.2, -0.15) is 5.26 Å². The smallest absolute Gasteiger partial charge is 0.224 e. The number of nitrogens with one attached hydrogen (secondary N) is 1. The molecule has 3 aromatic rings. The van der Waals surface area contributed by atoms with Crippen molar-refractivity contribution in [1.82, 2.24) is 4.98 Å². The lowest BCUT2D eigenvalue weighted by atomic mass is 10.2. The van der Waals surface area contributed by atoms with Gasteiger partial charge in [0.15, 0.2) is 11.7 Å². The summed E-state index contributed by atoms with van der Waals surface area (Å²) in [6.07, 6.45) is 2.73. The van der Waals surface area contributed by atoms with E-state index in [-0.39, 0.29) is 36.0 Å². The minimum absolute atomic E-state index is 0.103. The van der Waals surface area contributed by atoms with Gasteiger partial charge in [-0.05, 0) is 30.7 Å². The van der Waals surface area contributed by atoms with Crippen molar-refractivity contribution in [2.45, 2.75) is 25.7 Å². The van der Waals surface area contributed by atoms with E-state index in [1.165, 1.54) is 12.3 Å². The van der Waals surface area contributed by atoms with Gasteiger partial charge in [0.1, 0.15) is 17.4 Å². The minimum Gasteiger partial charge on any atom is -0.493 e. The first-order chi connectivity index (χ1) is 14.5. The second-order valence-electron chi connectivity index (χ2n) is 6.43. The normalized spacial score (nSPS) is 10.4. The molecule has 0 unspecified atom stereocenters. The Hall–Kier alpha value is -3.73. The topological polar surface area (TPSA) is 88.1 Å². The van der Waals surface area contributed by atoms with Gasteiger partial charge in [-0.25, -0.2) is 13.8 Å². The SMILES string of the molecule is N#CCCCOc1cccc(NC(=O)CCc2ncc(-c3ccc(F)cc3F)o2)c1. The Morgan fingerprint density at radius 2 is 2.10 bits per heavy atom. The lowest BCUT2D eigenvalue weighted by molar-refractivity contribution is -0.116. The highest BCUT2D eigenvalue weighted by molar-refractivity contribution is 5.90. The third kappa shape index (κ3) is 5.88. The van der Waals surface area contributed by atoms with E-state index in [0.29, 0.717) is 30.9 Å². The molecule has 0 aliphatic heterocycles. The molecule has 1 aromatic heterocycles. The number of carbonyl (C=O) groups is 1. The summed E-state index contributed by atoms with van der Waals surface area (Å²) in [4.78, 5) is 16.3. The fourth-order valence-corrected chi connectivity index (χ4v) is 2.69. The maximum Gasteiger partial charge on any atom is 0.224 e. The summed E-state index contributed by atoms with van der Waals surface area (Å²) in [7, 11) is 0. The molecule has 0 fully saturated rings. The van der Waals surface area contributed by atoms with Crippen LogP contribution >= 0.6 is 0 Å². The molecule has 0 saturated carbocycles. The number of benzene rings is 2. The maximum absolute atomic E-state index is 13.8. The number of hydrogen-bond donors (Lipinski definition) is 1. The van der Waals surface area contributed by atoms with Crippen LogP contribution in [0, 0.1) is 23.0 Å². The van der Waals surface area contributed by atoms with Crippen molar-refractivity contribution >= 4 is 11.6 Å². The summed E-state index contributed by atoms with van der Waals surface area (Å²) in [6, 6.07) is 12.2. The summed E-state index contributed by atoms with van der Waals surface area (Å²) < 4.78 is 37.9. The number of unbranched alkanes of at least 4 members (excludes halogenated alkanes) is 1. The zero-order chi connectivity index (χ0) is 21.3. The van der Waals surface area contributed by atoms with Crippen molar-refractivity contribution in [2.24, 2.45) is 0 Å². The van der Waals surface area contributed by atoms with E-state index in [9.17, 15) is 13.6 Å². The van der Waals surface area contributed by atoms with Crippen molar-refractivity contribution in [3.05, 3.63) is 66.2 Å². The Morgan fingerprint density at radius 3 is 2.90 bits per heavy atom. The molecule has 0 aliphatic rings. The van der Waals surface area contributed by atoms with Crippen LogP contribution in [0.4, 0.5) is 14.5 Å². The van der Waals surface area contributed by atoms with Gasteiger partial charge in [0.25, 0.3) is 0 Å². The first kappa shape index (κ1) is 21.0. The summed E-state index contributed by atoms with van der Waals surface area (Å²) in [5.41, 5.74) is 0.686. The number of nitriles is 1. The molecular weight excluding hydrogens is 392 g/mol. The summed E-state index contributed by atoms with van der Waals surface area (Å²) >= 11 is 0. The lowest BCUT2D eigenvalue weighted by Crippen LogP contribution is -2.12.